The van der Waals surface area contributed by atoms with Crippen LogP contribution in [0, 0.1) is 6.92 Å². The molecule has 1 saturated heterocycles. The average Bonchev–Trinajstić information content (AvgIpc) is 3.14. The Morgan fingerprint density at radius 3 is 2.92 bits per heavy atom. The Hall–Kier alpha value is -2.60. The summed E-state index contributed by atoms with van der Waals surface area (Å²) >= 11 is 0. The minimum absolute atomic E-state index is 0.138. The maximum Gasteiger partial charge on any atom is 0.257 e. The number of carbonyl (C=O) groups is 1. The summed E-state index contributed by atoms with van der Waals surface area (Å²) in [6, 6.07) is 9.00. The van der Waals surface area contributed by atoms with Crippen LogP contribution in [0.4, 0.5) is 5.69 Å². The first kappa shape index (κ1) is 17.2. The number of methoxy groups -OCH3 is 1. The molecule has 1 fully saturated rings. The van der Waals surface area contributed by atoms with Crippen LogP contribution < -0.4 is 14.8 Å². The van der Waals surface area contributed by atoms with E-state index < -0.39 is 0 Å². The molecular weight excluding hydrogens is 320 g/mol. The minimum atomic E-state index is -0.248. The van der Waals surface area contributed by atoms with Gasteiger partial charge in [-0.05, 0) is 43.5 Å². The molecule has 132 valence electrons. The first-order chi connectivity index (χ1) is 12.2. The number of anilines is 1. The number of amides is 1. The van der Waals surface area contributed by atoms with Crippen molar-refractivity contribution < 1.29 is 19.0 Å². The minimum Gasteiger partial charge on any atom is -0.495 e. The van der Waals surface area contributed by atoms with E-state index >= 15 is 0 Å². The lowest BCUT2D eigenvalue weighted by Crippen LogP contribution is -2.17. The molecule has 6 nitrogen and oxygen atoms in total. The van der Waals surface area contributed by atoms with Gasteiger partial charge in [-0.3, -0.25) is 4.79 Å². The van der Waals surface area contributed by atoms with Crippen molar-refractivity contribution in [2.24, 2.45) is 0 Å². The zero-order valence-corrected chi connectivity index (χ0v) is 14.5. The Kier molecular flexibility index (Phi) is 5.50. The fraction of sp³-hybridized carbons (Fsp3) is 0.368. The lowest BCUT2D eigenvalue weighted by Gasteiger charge is -2.12. The number of hydrogen-bond donors (Lipinski definition) is 1. The second-order valence-corrected chi connectivity index (χ2v) is 5.99. The smallest absolute Gasteiger partial charge is 0.257 e. The molecule has 2 heterocycles. The molecule has 1 aromatic heterocycles. The molecule has 6 heteroatoms. The van der Waals surface area contributed by atoms with Gasteiger partial charge in [0.05, 0.1) is 24.5 Å². The van der Waals surface area contributed by atoms with Crippen molar-refractivity contribution in [3.8, 4) is 11.6 Å². The van der Waals surface area contributed by atoms with E-state index in [9.17, 15) is 4.79 Å². The van der Waals surface area contributed by atoms with E-state index in [1.54, 1.807) is 19.2 Å². The summed E-state index contributed by atoms with van der Waals surface area (Å²) in [6.45, 7) is 3.23. The van der Waals surface area contributed by atoms with Crippen molar-refractivity contribution in [1.29, 1.82) is 0 Å². The second kappa shape index (κ2) is 7.98. The number of nitrogens with one attached hydrogen (secondary N) is 1. The predicted molar refractivity (Wildman–Crippen MR) is 94.4 cm³/mol. The van der Waals surface area contributed by atoms with Gasteiger partial charge in [0.1, 0.15) is 12.4 Å². The van der Waals surface area contributed by atoms with E-state index in [-0.39, 0.29) is 12.0 Å². The number of rotatable bonds is 6. The van der Waals surface area contributed by atoms with Crippen LogP contribution in [0.5, 0.6) is 11.6 Å². The highest BCUT2D eigenvalue weighted by Gasteiger charge is 2.16. The van der Waals surface area contributed by atoms with Crippen LogP contribution in [0.3, 0.4) is 0 Å². The molecule has 0 bridgehead atoms. The number of benzene rings is 1. The van der Waals surface area contributed by atoms with E-state index in [2.05, 4.69) is 10.3 Å². The highest BCUT2D eigenvalue weighted by molar-refractivity contribution is 6.04. The SMILES string of the molecule is COc1ccc(C)cc1NC(=O)c1ccc(OCC2CCCO2)nc1. The second-order valence-electron chi connectivity index (χ2n) is 5.99. The fourth-order valence-corrected chi connectivity index (χ4v) is 2.67. The Balaban J connectivity index is 1.61. The number of hydrogen-bond acceptors (Lipinski definition) is 5. The summed E-state index contributed by atoms with van der Waals surface area (Å²) < 4.78 is 16.4. The Morgan fingerprint density at radius 2 is 2.24 bits per heavy atom. The third-order valence-corrected chi connectivity index (χ3v) is 4.04. The summed E-state index contributed by atoms with van der Waals surface area (Å²) in [7, 11) is 1.57. The Labute approximate surface area is 147 Å². The van der Waals surface area contributed by atoms with Crippen molar-refractivity contribution in [2.75, 3.05) is 25.6 Å². The summed E-state index contributed by atoms with van der Waals surface area (Å²) in [5.74, 6) is 0.852. The number of aromatic nitrogens is 1. The van der Waals surface area contributed by atoms with Gasteiger partial charge < -0.3 is 19.5 Å². The van der Waals surface area contributed by atoms with Gasteiger partial charge in [-0.1, -0.05) is 6.07 Å². The van der Waals surface area contributed by atoms with Crippen LogP contribution in [0.2, 0.25) is 0 Å². The van der Waals surface area contributed by atoms with E-state index in [0.29, 0.717) is 29.5 Å². The lowest BCUT2D eigenvalue weighted by molar-refractivity contribution is 0.0663. The molecule has 0 radical (unpaired) electrons. The molecule has 3 rings (SSSR count). The first-order valence-electron chi connectivity index (χ1n) is 8.32. The van der Waals surface area contributed by atoms with Gasteiger partial charge in [0.25, 0.3) is 5.91 Å². The van der Waals surface area contributed by atoms with Crippen LogP contribution in [-0.4, -0.2) is 37.3 Å². The fourth-order valence-electron chi connectivity index (χ4n) is 2.67. The molecule has 2 aromatic rings. The van der Waals surface area contributed by atoms with E-state index in [4.69, 9.17) is 14.2 Å². The van der Waals surface area contributed by atoms with E-state index in [1.807, 2.05) is 25.1 Å². The highest BCUT2D eigenvalue weighted by Crippen LogP contribution is 2.25. The quantitative estimate of drug-likeness (QED) is 0.873. The molecule has 25 heavy (non-hydrogen) atoms. The molecule has 0 saturated carbocycles. The van der Waals surface area contributed by atoms with Crippen molar-refractivity contribution in [1.82, 2.24) is 4.98 Å². The van der Waals surface area contributed by atoms with Crippen molar-refractivity contribution in [2.45, 2.75) is 25.9 Å². The van der Waals surface area contributed by atoms with Crippen LogP contribution >= 0.6 is 0 Å². The molecule has 1 N–H and O–H groups in total. The van der Waals surface area contributed by atoms with Crippen LogP contribution in [0.25, 0.3) is 0 Å². The van der Waals surface area contributed by atoms with E-state index in [0.717, 1.165) is 25.0 Å². The van der Waals surface area contributed by atoms with Crippen molar-refractivity contribution >= 4 is 11.6 Å². The van der Waals surface area contributed by atoms with Crippen LogP contribution in [-0.2, 0) is 4.74 Å². The largest absolute Gasteiger partial charge is 0.495 e. The van der Waals surface area contributed by atoms with Crippen molar-refractivity contribution in [3.63, 3.8) is 0 Å². The molecule has 1 unspecified atom stereocenters. The summed E-state index contributed by atoms with van der Waals surface area (Å²) in [6.07, 6.45) is 3.73. The summed E-state index contributed by atoms with van der Waals surface area (Å²) in [5, 5.41) is 2.85. The normalized spacial score (nSPS) is 16.5. The van der Waals surface area contributed by atoms with Gasteiger partial charge >= 0.3 is 0 Å². The number of aryl methyl sites for hydroxylation is 1. The molecule has 1 atom stereocenters. The molecule has 1 aliphatic rings. The number of pyridine rings is 1. The molecule has 0 aliphatic carbocycles. The van der Waals surface area contributed by atoms with Crippen molar-refractivity contribution in [3.05, 3.63) is 47.7 Å². The van der Waals surface area contributed by atoms with Gasteiger partial charge in [0.2, 0.25) is 5.88 Å². The monoisotopic (exact) mass is 342 g/mol. The summed E-state index contributed by atoms with van der Waals surface area (Å²) in [5.41, 5.74) is 2.12. The molecule has 1 amide bonds. The molecule has 1 aromatic carbocycles. The zero-order chi connectivity index (χ0) is 17.6. The van der Waals surface area contributed by atoms with Gasteiger partial charge in [0.15, 0.2) is 0 Å². The average molecular weight is 342 g/mol. The van der Waals surface area contributed by atoms with Crippen LogP contribution in [0.1, 0.15) is 28.8 Å². The van der Waals surface area contributed by atoms with Gasteiger partial charge in [-0.15, -0.1) is 0 Å². The topological polar surface area (TPSA) is 69.7 Å². The van der Waals surface area contributed by atoms with E-state index in [1.165, 1.54) is 6.20 Å². The molecule has 1 aliphatic heterocycles. The lowest BCUT2D eigenvalue weighted by atomic mass is 10.2. The van der Waals surface area contributed by atoms with Gasteiger partial charge in [0, 0.05) is 18.9 Å². The zero-order valence-electron chi connectivity index (χ0n) is 14.5. The third kappa shape index (κ3) is 4.48. The van der Waals surface area contributed by atoms with Crippen LogP contribution in [0.15, 0.2) is 36.5 Å². The maximum atomic E-state index is 12.4. The predicted octanol–water partition coefficient (Wildman–Crippen LogP) is 3.21. The standard InChI is InChI=1S/C19H22N2O4/c1-13-5-7-17(23-2)16(10-13)21-19(22)14-6-8-18(20-11-14)25-12-15-4-3-9-24-15/h5-8,10-11,15H,3-4,9,12H2,1-2H3,(H,21,22). The van der Waals surface area contributed by atoms with Gasteiger partial charge in [-0.2, -0.15) is 0 Å². The third-order valence-electron chi connectivity index (χ3n) is 4.04. The Bertz CT molecular complexity index is 725. The Morgan fingerprint density at radius 1 is 1.36 bits per heavy atom. The van der Waals surface area contributed by atoms with Gasteiger partial charge in [-0.25, -0.2) is 4.98 Å². The highest BCUT2D eigenvalue weighted by atomic mass is 16.5. The molecule has 0 spiro atoms. The summed E-state index contributed by atoms with van der Waals surface area (Å²) in [4.78, 5) is 16.6. The first-order valence-corrected chi connectivity index (χ1v) is 8.32. The number of ether oxygens (including phenoxy) is 3. The number of nitrogens with zero attached hydrogens (tertiary/aromatic N) is 1. The maximum absolute atomic E-state index is 12.4. The molecular formula is C19H22N2O4. The number of carbonyl (C=O) groups excluding carboxylic acids is 1.